The van der Waals surface area contributed by atoms with Gasteiger partial charge in [-0.25, -0.2) is 8.78 Å². The summed E-state index contributed by atoms with van der Waals surface area (Å²) >= 11 is 1.18. The number of hydrogen-bond donors (Lipinski definition) is 1. The molecule has 2 aromatic rings. The fraction of sp³-hybridized carbons (Fsp3) is 0.143. The number of rotatable bonds is 3. The van der Waals surface area contributed by atoms with Gasteiger partial charge in [-0.15, -0.1) is 0 Å². The molecule has 0 aliphatic carbocycles. The third-order valence-corrected chi connectivity index (χ3v) is 3.62. The summed E-state index contributed by atoms with van der Waals surface area (Å²) in [5, 5.41) is 9.60. The molecule has 1 atom stereocenters. The van der Waals surface area contributed by atoms with Crippen LogP contribution in [0.15, 0.2) is 52.3 Å². The monoisotopic (exact) mass is 266 g/mol. The van der Waals surface area contributed by atoms with Crippen molar-refractivity contribution in [3.63, 3.8) is 0 Å². The van der Waals surface area contributed by atoms with Crippen LogP contribution in [0.5, 0.6) is 0 Å². The summed E-state index contributed by atoms with van der Waals surface area (Å²) in [4.78, 5) is 1.10. The minimum Gasteiger partial charge on any atom is -0.389 e. The van der Waals surface area contributed by atoms with Crippen LogP contribution in [0.4, 0.5) is 8.78 Å². The van der Waals surface area contributed by atoms with Crippen LogP contribution in [0.3, 0.4) is 0 Å². The van der Waals surface area contributed by atoms with Crippen molar-refractivity contribution in [1.29, 1.82) is 0 Å². The molecular formula is C14H12F2OS. The van der Waals surface area contributed by atoms with Gasteiger partial charge in [0.1, 0.15) is 11.6 Å². The molecule has 0 saturated carbocycles. The molecular weight excluding hydrogens is 254 g/mol. The highest BCUT2D eigenvalue weighted by Crippen LogP contribution is 2.34. The standard InChI is InChI=1S/C14H12F2OS/c1-9(17)11-8-10(15)6-7-13(11)18-14-5-3-2-4-12(14)16/h2-9,17H,1H3/t9-/m0/s1. The van der Waals surface area contributed by atoms with Crippen LogP contribution < -0.4 is 0 Å². The molecule has 1 N–H and O–H groups in total. The fourth-order valence-corrected chi connectivity index (χ4v) is 2.62. The van der Waals surface area contributed by atoms with Crippen LogP contribution in [0.25, 0.3) is 0 Å². The zero-order chi connectivity index (χ0) is 13.1. The van der Waals surface area contributed by atoms with Crippen molar-refractivity contribution in [1.82, 2.24) is 0 Å². The molecule has 1 nitrogen and oxygen atoms in total. The van der Waals surface area contributed by atoms with Gasteiger partial charge in [0.15, 0.2) is 0 Å². The highest BCUT2D eigenvalue weighted by atomic mass is 32.2. The van der Waals surface area contributed by atoms with E-state index in [0.717, 1.165) is 0 Å². The first-order chi connectivity index (χ1) is 8.58. The van der Waals surface area contributed by atoms with Gasteiger partial charge in [0, 0.05) is 9.79 Å². The smallest absolute Gasteiger partial charge is 0.137 e. The second-order valence-electron chi connectivity index (χ2n) is 3.89. The molecule has 0 amide bonds. The van der Waals surface area contributed by atoms with E-state index in [1.54, 1.807) is 31.2 Å². The molecule has 18 heavy (non-hydrogen) atoms. The van der Waals surface area contributed by atoms with E-state index in [2.05, 4.69) is 0 Å². The Bertz CT molecular complexity index is 555. The van der Waals surface area contributed by atoms with Gasteiger partial charge in [-0.1, -0.05) is 23.9 Å². The molecule has 2 aromatic carbocycles. The van der Waals surface area contributed by atoms with Gasteiger partial charge in [0.05, 0.1) is 6.10 Å². The van der Waals surface area contributed by atoms with E-state index in [0.29, 0.717) is 15.4 Å². The fourth-order valence-electron chi connectivity index (χ4n) is 1.58. The van der Waals surface area contributed by atoms with Crippen LogP contribution in [0.2, 0.25) is 0 Å². The molecule has 0 aromatic heterocycles. The van der Waals surface area contributed by atoms with Gasteiger partial charge < -0.3 is 5.11 Å². The van der Waals surface area contributed by atoms with Gasteiger partial charge in [-0.3, -0.25) is 0 Å². The van der Waals surface area contributed by atoms with E-state index in [1.807, 2.05) is 0 Å². The van der Waals surface area contributed by atoms with E-state index in [4.69, 9.17) is 0 Å². The molecule has 0 unspecified atom stereocenters. The molecule has 0 heterocycles. The normalized spacial score (nSPS) is 12.4. The van der Waals surface area contributed by atoms with E-state index in [-0.39, 0.29) is 5.82 Å². The van der Waals surface area contributed by atoms with Crippen LogP contribution >= 0.6 is 11.8 Å². The van der Waals surface area contributed by atoms with Gasteiger partial charge in [-0.2, -0.15) is 0 Å². The number of halogens is 2. The number of aliphatic hydroxyl groups is 1. The molecule has 0 aliphatic heterocycles. The average Bonchev–Trinajstić information content (AvgIpc) is 2.34. The van der Waals surface area contributed by atoms with Crippen LogP contribution in [-0.4, -0.2) is 5.11 Å². The van der Waals surface area contributed by atoms with E-state index >= 15 is 0 Å². The summed E-state index contributed by atoms with van der Waals surface area (Å²) in [7, 11) is 0. The number of hydrogen-bond acceptors (Lipinski definition) is 2. The van der Waals surface area contributed by atoms with Gasteiger partial charge in [0.2, 0.25) is 0 Å². The van der Waals surface area contributed by atoms with Crippen molar-refractivity contribution in [2.45, 2.75) is 22.8 Å². The maximum absolute atomic E-state index is 13.5. The van der Waals surface area contributed by atoms with Gasteiger partial charge in [-0.05, 0) is 42.8 Å². The predicted molar refractivity (Wildman–Crippen MR) is 67.6 cm³/mol. The summed E-state index contributed by atoms with van der Waals surface area (Å²) in [5.74, 6) is -0.743. The van der Waals surface area contributed by atoms with Gasteiger partial charge in [0.25, 0.3) is 0 Å². The maximum Gasteiger partial charge on any atom is 0.137 e. The van der Waals surface area contributed by atoms with E-state index in [1.165, 1.54) is 30.0 Å². The Morgan fingerprint density at radius 2 is 1.78 bits per heavy atom. The Hall–Kier alpha value is -1.39. The highest BCUT2D eigenvalue weighted by molar-refractivity contribution is 7.99. The van der Waals surface area contributed by atoms with Crippen molar-refractivity contribution >= 4 is 11.8 Å². The first-order valence-electron chi connectivity index (χ1n) is 5.48. The highest BCUT2D eigenvalue weighted by Gasteiger charge is 2.12. The molecule has 94 valence electrons. The quantitative estimate of drug-likeness (QED) is 0.899. The Balaban J connectivity index is 2.37. The van der Waals surface area contributed by atoms with Crippen molar-refractivity contribution < 1.29 is 13.9 Å². The second kappa shape index (κ2) is 5.50. The van der Waals surface area contributed by atoms with Crippen LogP contribution in [0.1, 0.15) is 18.6 Å². The Morgan fingerprint density at radius 3 is 2.44 bits per heavy atom. The maximum atomic E-state index is 13.5. The second-order valence-corrected chi connectivity index (χ2v) is 4.97. The Morgan fingerprint density at radius 1 is 1.06 bits per heavy atom. The Kier molecular flexibility index (Phi) is 3.99. The minimum absolute atomic E-state index is 0.330. The molecule has 0 fully saturated rings. The van der Waals surface area contributed by atoms with Crippen molar-refractivity contribution in [3.8, 4) is 0 Å². The third-order valence-electron chi connectivity index (χ3n) is 2.48. The van der Waals surface area contributed by atoms with E-state index < -0.39 is 11.9 Å². The first kappa shape index (κ1) is 13.1. The average molecular weight is 266 g/mol. The molecule has 0 saturated heterocycles. The van der Waals surface area contributed by atoms with Crippen molar-refractivity contribution in [3.05, 3.63) is 59.7 Å². The lowest BCUT2D eigenvalue weighted by atomic mass is 10.1. The summed E-state index contributed by atoms with van der Waals surface area (Å²) < 4.78 is 26.7. The lowest BCUT2D eigenvalue weighted by molar-refractivity contribution is 0.196. The number of benzene rings is 2. The molecule has 2 rings (SSSR count). The van der Waals surface area contributed by atoms with Crippen LogP contribution in [0, 0.1) is 11.6 Å². The third kappa shape index (κ3) is 2.89. The SMILES string of the molecule is C[C@H](O)c1cc(F)ccc1Sc1ccccc1F. The molecule has 0 aliphatic rings. The largest absolute Gasteiger partial charge is 0.389 e. The van der Waals surface area contributed by atoms with Crippen molar-refractivity contribution in [2.75, 3.05) is 0 Å². The molecule has 4 heteroatoms. The zero-order valence-corrected chi connectivity index (χ0v) is 10.5. The van der Waals surface area contributed by atoms with Crippen molar-refractivity contribution in [2.24, 2.45) is 0 Å². The van der Waals surface area contributed by atoms with Crippen LogP contribution in [-0.2, 0) is 0 Å². The molecule has 0 spiro atoms. The molecule has 0 bridgehead atoms. The predicted octanol–water partition coefficient (Wildman–Crippen LogP) is 4.17. The minimum atomic E-state index is -0.796. The summed E-state index contributed by atoms with van der Waals surface area (Å²) in [6.45, 7) is 1.56. The topological polar surface area (TPSA) is 20.2 Å². The summed E-state index contributed by atoms with van der Waals surface area (Å²) in [5.41, 5.74) is 0.461. The first-order valence-corrected chi connectivity index (χ1v) is 6.29. The summed E-state index contributed by atoms with van der Waals surface area (Å²) in [6.07, 6.45) is -0.796. The molecule has 0 radical (unpaired) electrons. The summed E-state index contributed by atoms with van der Waals surface area (Å²) in [6, 6.07) is 10.5. The Labute approximate surface area is 108 Å². The lowest BCUT2D eigenvalue weighted by Crippen LogP contribution is -1.95. The van der Waals surface area contributed by atoms with Gasteiger partial charge >= 0.3 is 0 Å². The lowest BCUT2D eigenvalue weighted by Gasteiger charge is -2.12. The number of aliphatic hydroxyl groups excluding tert-OH is 1. The zero-order valence-electron chi connectivity index (χ0n) is 9.73. The van der Waals surface area contributed by atoms with E-state index in [9.17, 15) is 13.9 Å².